The first-order chi connectivity index (χ1) is 16.4. The summed E-state index contributed by atoms with van der Waals surface area (Å²) < 4.78 is 39.3. The molecule has 11 heteroatoms. The number of nitrogens with zero attached hydrogens (tertiary/aromatic N) is 3. The average molecular weight is 484 g/mol. The smallest absolute Gasteiger partial charge is 0.245 e. The molecule has 2 saturated heterocycles. The second kappa shape index (κ2) is 7.97. The molecule has 0 aliphatic carbocycles. The lowest BCUT2D eigenvalue weighted by atomic mass is 10.1. The monoisotopic (exact) mass is 483 g/mol. The highest BCUT2D eigenvalue weighted by Gasteiger charge is 2.43. The van der Waals surface area contributed by atoms with Crippen molar-refractivity contribution in [2.45, 2.75) is 30.3 Å². The number of ether oxygens (including phenoxy) is 2. The number of carbonyl (C=O) groups is 1. The molecule has 3 aromatic rings. The van der Waals surface area contributed by atoms with Crippen molar-refractivity contribution in [3.05, 3.63) is 42.1 Å². The van der Waals surface area contributed by atoms with E-state index in [-0.39, 0.29) is 17.3 Å². The highest BCUT2D eigenvalue weighted by molar-refractivity contribution is 7.89. The van der Waals surface area contributed by atoms with Gasteiger partial charge in [-0.25, -0.2) is 8.42 Å². The number of benzene rings is 2. The minimum absolute atomic E-state index is 0.139. The van der Waals surface area contributed by atoms with Gasteiger partial charge in [0, 0.05) is 23.7 Å². The van der Waals surface area contributed by atoms with Crippen LogP contribution in [0.1, 0.15) is 12.0 Å². The van der Waals surface area contributed by atoms with Crippen molar-refractivity contribution in [1.29, 1.82) is 0 Å². The van der Waals surface area contributed by atoms with Gasteiger partial charge in [-0.05, 0) is 43.2 Å². The minimum atomic E-state index is -3.88. The highest BCUT2D eigenvalue weighted by Crippen LogP contribution is 2.37. The largest absolute Gasteiger partial charge is 0.489 e. The molecule has 0 spiro atoms. The van der Waals surface area contributed by atoms with Crippen molar-refractivity contribution < 1.29 is 22.7 Å². The Morgan fingerprint density at radius 1 is 1.21 bits per heavy atom. The number of H-pyrrole nitrogens is 1. The Bertz CT molecular complexity index is 1380. The lowest BCUT2D eigenvalue weighted by molar-refractivity contribution is -0.122. The van der Waals surface area contributed by atoms with Gasteiger partial charge in [0.2, 0.25) is 15.9 Å². The predicted molar refractivity (Wildman–Crippen MR) is 126 cm³/mol. The number of amides is 1. The molecule has 1 aromatic heterocycles. The van der Waals surface area contributed by atoms with Crippen molar-refractivity contribution in [3.8, 4) is 5.75 Å². The first kappa shape index (κ1) is 21.4. The summed E-state index contributed by atoms with van der Waals surface area (Å²) in [5.74, 6) is 0.346. The Morgan fingerprint density at radius 2 is 2.06 bits per heavy atom. The molecule has 1 atom stereocenters. The van der Waals surface area contributed by atoms with Crippen LogP contribution in [0.15, 0.2) is 41.4 Å². The molecule has 6 rings (SSSR count). The highest BCUT2D eigenvalue weighted by atomic mass is 32.2. The molecule has 10 nitrogen and oxygen atoms in total. The third-order valence-electron chi connectivity index (χ3n) is 6.70. The topological polar surface area (TPSA) is 117 Å². The summed E-state index contributed by atoms with van der Waals surface area (Å²) in [5, 5.41) is 10.3. The Hall–Kier alpha value is -3.15. The van der Waals surface area contributed by atoms with Gasteiger partial charge < -0.3 is 19.7 Å². The molecule has 2 aromatic carbocycles. The molecule has 1 amide bonds. The number of aryl methyl sites for hydroxylation is 1. The zero-order valence-corrected chi connectivity index (χ0v) is 19.5. The van der Waals surface area contributed by atoms with E-state index in [1.165, 1.54) is 4.31 Å². The van der Waals surface area contributed by atoms with Crippen LogP contribution < -0.4 is 15.0 Å². The second-order valence-corrected chi connectivity index (χ2v) is 10.8. The van der Waals surface area contributed by atoms with E-state index in [0.29, 0.717) is 49.2 Å². The molecule has 0 bridgehead atoms. The van der Waals surface area contributed by atoms with Crippen molar-refractivity contribution in [2.75, 3.05) is 43.1 Å². The zero-order chi connectivity index (χ0) is 23.4. The summed E-state index contributed by atoms with van der Waals surface area (Å²) in [6.07, 6.45) is 2.05. The predicted octanol–water partition coefficient (Wildman–Crippen LogP) is 1.87. The van der Waals surface area contributed by atoms with Gasteiger partial charge in [0.1, 0.15) is 23.3 Å². The second-order valence-electron chi connectivity index (χ2n) is 8.92. The Labute approximate surface area is 196 Å². The number of rotatable bonds is 5. The van der Waals surface area contributed by atoms with Gasteiger partial charge in [0.25, 0.3) is 0 Å². The third-order valence-corrected chi connectivity index (χ3v) is 8.64. The first-order valence-corrected chi connectivity index (χ1v) is 12.7. The summed E-state index contributed by atoms with van der Waals surface area (Å²) >= 11 is 0. The van der Waals surface area contributed by atoms with E-state index in [0.717, 1.165) is 23.2 Å². The maximum atomic E-state index is 13.4. The van der Waals surface area contributed by atoms with Crippen LogP contribution >= 0.6 is 0 Å². The van der Waals surface area contributed by atoms with Gasteiger partial charge in [-0.3, -0.25) is 9.89 Å². The van der Waals surface area contributed by atoms with Crippen molar-refractivity contribution >= 4 is 38.2 Å². The van der Waals surface area contributed by atoms with Crippen LogP contribution in [0.5, 0.6) is 5.75 Å². The fourth-order valence-corrected chi connectivity index (χ4v) is 6.63. The molecule has 0 radical (unpaired) electrons. The summed E-state index contributed by atoms with van der Waals surface area (Å²) in [4.78, 5) is 15.5. The molecule has 3 aliphatic rings. The van der Waals surface area contributed by atoms with Crippen LogP contribution in [-0.4, -0.2) is 73.8 Å². The number of sulfonamides is 1. The molecule has 3 aliphatic heterocycles. The molecule has 4 heterocycles. The first-order valence-electron chi connectivity index (χ1n) is 11.3. The quantitative estimate of drug-likeness (QED) is 0.569. The van der Waals surface area contributed by atoms with Crippen molar-refractivity contribution in [2.24, 2.45) is 0 Å². The fraction of sp³-hybridized carbons (Fsp3) is 0.391. The minimum Gasteiger partial charge on any atom is -0.489 e. The summed E-state index contributed by atoms with van der Waals surface area (Å²) in [5.41, 5.74) is 2.81. The van der Waals surface area contributed by atoms with Crippen LogP contribution in [0.25, 0.3) is 10.9 Å². The van der Waals surface area contributed by atoms with E-state index in [2.05, 4.69) is 20.4 Å². The molecular weight excluding hydrogens is 458 g/mol. The molecule has 2 N–H and O–H groups in total. The van der Waals surface area contributed by atoms with Gasteiger partial charge in [0.05, 0.1) is 43.2 Å². The number of nitrogens with one attached hydrogen (secondary N) is 2. The Balaban J connectivity index is 1.21. The van der Waals surface area contributed by atoms with E-state index in [1.54, 1.807) is 18.3 Å². The SMILES string of the molecule is Cc1cc(S(=O)(=O)N2CC[C@H]2C(=O)Nc2ccc3c(c2)OCCN3C2COC2)c2[nH]ncc2c1. The van der Waals surface area contributed by atoms with Crippen molar-refractivity contribution in [1.82, 2.24) is 14.5 Å². The number of aromatic nitrogens is 2. The van der Waals surface area contributed by atoms with Crippen LogP contribution in [0.3, 0.4) is 0 Å². The summed E-state index contributed by atoms with van der Waals surface area (Å²) in [6.45, 7) is 4.89. The van der Waals surface area contributed by atoms with Gasteiger partial charge in [-0.2, -0.15) is 9.40 Å². The molecular formula is C23H25N5O5S. The van der Waals surface area contributed by atoms with Gasteiger partial charge in [0.15, 0.2) is 0 Å². The van der Waals surface area contributed by atoms with Crippen molar-refractivity contribution in [3.63, 3.8) is 0 Å². The average Bonchev–Trinajstić information content (AvgIpc) is 3.19. The molecule has 2 fully saturated rings. The zero-order valence-electron chi connectivity index (χ0n) is 18.7. The number of hydrogen-bond donors (Lipinski definition) is 2. The van der Waals surface area contributed by atoms with Crippen LogP contribution in [-0.2, 0) is 19.6 Å². The van der Waals surface area contributed by atoms with Gasteiger partial charge in [-0.1, -0.05) is 0 Å². The van der Waals surface area contributed by atoms with Crippen LogP contribution in [0, 0.1) is 6.92 Å². The standard InChI is InChI=1S/C23H25N5O5S/c1-14-8-15-11-24-26-22(15)21(9-14)34(30,31)28-5-4-19(28)23(29)25-16-2-3-18-20(10-16)33-7-6-27(18)17-12-32-13-17/h2-3,8-11,17,19H,4-7,12-13H2,1H3,(H,24,26)(H,25,29)/t19-/m0/s1. The Morgan fingerprint density at radius 3 is 2.79 bits per heavy atom. The lowest BCUT2D eigenvalue weighted by Gasteiger charge is -2.41. The third kappa shape index (κ3) is 3.42. The van der Waals surface area contributed by atoms with E-state index < -0.39 is 16.1 Å². The van der Waals surface area contributed by atoms with Gasteiger partial charge >= 0.3 is 0 Å². The summed E-state index contributed by atoms with van der Waals surface area (Å²) in [7, 11) is -3.88. The van der Waals surface area contributed by atoms with Crippen LogP contribution in [0.2, 0.25) is 0 Å². The van der Waals surface area contributed by atoms with E-state index in [4.69, 9.17) is 9.47 Å². The molecule has 34 heavy (non-hydrogen) atoms. The maximum absolute atomic E-state index is 13.4. The number of carbonyl (C=O) groups excluding carboxylic acids is 1. The number of hydrogen-bond acceptors (Lipinski definition) is 7. The van der Waals surface area contributed by atoms with Gasteiger partial charge in [-0.15, -0.1) is 0 Å². The molecule has 178 valence electrons. The number of anilines is 2. The summed E-state index contributed by atoms with van der Waals surface area (Å²) in [6, 6.07) is 8.61. The Kier molecular flexibility index (Phi) is 5.01. The van der Waals surface area contributed by atoms with Crippen LogP contribution in [0.4, 0.5) is 11.4 Å². The number of fused-ring (bicyclic) bond motifs is 2. The number of aromatic amines is 1. The lowest BCUT2D eigenvalue weighted by Crippen LogP contribution is -2.56. The molecule has 0 unspecified atom stereocenters. The van der Waals surface area contributed by atoms with E-state index in [9.17, 15) is 13.2 Å². The molecule has 0 saturated carbocycles. The van der Waals surface area contributed by atoms with E-state index in [1.807, 2.05) is 25.1 Å². The fourth-order valence-electron chi connectivity index (χ4n) is 4.74. The normalized spacial score (nSPS) is 20.9. The maximum Gasteiger partial charge on any atom is 0.245 e. The van der Waals surface area contributed by atoms with E-state index >= 15 is 0 Å².